The maximum atomic E-state index is 13.1. The summed E-state index contributed by atoms with van der Waals surface area (Å²) in [5.74, 6) is 0.0639. The molecule has 0 atom stereocenters. The number of rotatable bonds is 12. The molecule has 0 aromatic carbocycles. The van der Waals surface area contributed by atoms with Crippen molar-refractivity contribution < 1.29 is 18.0 Å². The third-order valence-electron chi connectivity index (χ3n) is 5.35. The molecule has 8 heteroatoms. The first kappa shape index (κ1) is 30.2. The number of amides is 1. The molecule has 0 unspecified atom stereocenters. The number of nitrogens with one attached hydrogen (secondary N) is 1. The summed E-state index contributed by atoms with van der Waals surface area (Å²) in [5.41, 5.74) is 5.04. The summed E-state index contributed by atoms with van der Waals surface area (Å²) in [6, 6.07) is 1.52. The number of nitrogens with zero attached hydrogens (tertiary/aromatic N) is 2. The molecule has 5 nitrogen and oxygen atoms in total. The van der Waals surface area contributed by atoms with Gasteiger partial charge in [0.2, 0.25) is 5.91 Å². The summed E-state index contributed by atoms with van der Waals surface area (Å²) in [6.07, 6.45) is 7.01. The van der Waals surface area contributed by atoms with E-state index in [1.165, 1.54) is 50.4 Å². The summed E-state index contributed by atoms with van der Waals surface area (Å²) >= 11 is 0. The molecule has 1 aliphatic carbocycles. The van der Waals surface area contributed by atoms with E-state index in [9.17, 15) is 18.0 Å². The topological polar surface area (TPSA) is 71.2 Å². The third-order valence-corrected chi connectivity index (χ3v) is 5.35. The highest BCUT2D eigenvalue weighted by Crippen LogP contribution is 2.35. The van der Waals surface area contributed by atoms with Crippen molar-refractivity contribution >= 4 is 29.3 Å². The number of hydrogen-bond donors (Lipinski definition) is 2. The minimum absolute atomic E-state index is 0.0215. The van der Waals surface area contributed by atoms with E-state index < -0.39 is 11.7 Å². The number of pyridine rings is 1. The van der Waals surface area contributed by atoms with Crippen LogP contribution in [0.1, 0.15) is 68.0 Å². The Balaban J connectivity index is 0.000000579. The Bertz CT molecular complexity index is 916. The Morgan fingerprint density at radius 1 is 1.26 bits per heavy atom. The van der Waals surface area contributed by atoms with E-state index in [-0.39, 0.29) is 41.0 Å². The van der Waals surface area contributed by atoms with Gasteiger partial charge >= 0.3 is 6.18 Å². The summed E-state index contributed by atoms with van der Waals surface area (Å²) in [4.78, 5) is 17.8. The van der Waals surface area contributed by atoms with Crippen molar-refractivity contribution in [3.8, 4) is 0 Å². The van der Waals surface area contributed by atoms with Crippen LogP contribution in [-0.4, -0.2) is 49.2 Å². The van der Waals surface area contributed by atoms with Gasteiger partial charge in [0.05, 0.1) is 17.0 Å². The van der Waals surface area contributed by atoms with Crippen molar-refractivity contribution in [2.45, 2.75) is 51.6 Å². The lowest BCUT2D eigenvalue weighted by atomic mass is 9.98. The van der Waals surface area contributed by atoms with Gasteiger partial charge in [0.25, 0.3) is 0 Å². The molecule has 0 aliphatic heterocycles. The Morgan fingerprint density at radius 3 is 2.40 bits per heavy atom. The highest BCUT2D eigenvalue weighted by molar-refractivity contribution is 5.82. The maximum Gasteiger partial charge on any atom is 0.417 e. The number of alkyl halides is 3. The summed E-state index contributed by atoms with van der Waals surface area (Å²) in [5, 5.41) is 2.73. The molecule has 1 aromatic rings. The molecule has 1 fully saturated rings. The van der Waals surface area contributed by atoms with Crippen LogP contribution in [0.15, 0.2) is 31.9 Å². The molecular weight excluding hydrogens is 453 g/mol. The molecule has 1 aromatic heterocycles. The zero-order chi connectivity index (χ0) is 26.6. The lowest BCUT2D eigenvalue weighted by Crippen LogP contribution is -2.24. The van der Waals surface area contributed by atoms with E-state index >= 15 is 0 Å². The molecule has 1 aliphatic rings. The van der Waals surface area contributed by atoms with Crippen LogP contribution >= 0.6 is 0 Å². The van der Waals surface area contributed by atoms with Crippen LogP contribution in [0.3, 0.4) is 0 Å². The second kappa shape index (κ2) is 14.5. The normalized spacial score (nSPS) is 13.3. The number of allylic oxidation sites excluding steroid dienone is 1. The minimum atomic E-state index is -4.64. The Morgan fingerprint density at radius 2 is 1.91 bits per heavy atom. The van der Waals surface area contributed by atoms with Crippen molar-refractivity contribution in [3.05, 3.63) is 54.4 Å². The fourth-order valence-corrected chi connectivity index (χ4v) is 3.18. The van der Waals surface area contributed by atoms with Crippen LogP contribution in [0.25, 0.3) is 23.4 Å². The van der Waals surface area contributed by atoms with Gasteiger partial charge in [-0.05, 0) is 52.0 Å². The maximum absolute atomic E-state index is 13.1. The van der Waals surface area contributed by atoms with Gasteiger partial charge in [0, 0.05) is 29.3 Å². The van der Waals surface area contributed by atoms with Crippen LogP contribution in [-0.2, 0) is 4.79 Å². The standard InChI is InChI=1S/C19H20F3N3O.C8H19N/c1-4-15-16(12(3)23)10-14(25-17(15)11(2)19(20,21)22)6-5-9-24-18(26)13-7-8-13;1-4-5-6-7-8-9(2)3/h4-6,10,13H,1-3,7-9,23H2,(H,24,26);4-8H2,1-3H3/b6-5+;. The zero-order valence-corrected chi connectivity index (χ0v) is 21.2. The van der Waals surface area contributed by atoms with Crippen molar-refractivity contribution in [1.29, 1.82) is 0 Å². The monoisotopic (exact) mass is 492 g/mol. The number of carbonyl (C=O) groups is 1. The van der Waals surface area contributed by atoms with Crippen molar-refractivity contribution in [2.75, 3.05) is 27.2 Å². The molecule has 1 saturated carbocycles. The fourth-order valence-electron chi connectivity index (χ4n) is 3.18. The average molecular weight is 493 g/mol. The molecule has 1 amide bonds. The number of halogens is 3. The summed E-state index contributed by atoms with van der Waals surface area (Å²) < 4.78 is 39.3. The number of aromatic nitrogens is 1. The molecule has 3 N–H and O–H groups in total. The summed E-state index contributed by atoms with van der Waals surface area (Å²) in [7, 11) is 4.26. The van der Waals surface area contributed by atoms with Gasteiger partial charge in [-0.15, -0.1) is 0 Å². The smallest absolute Gasteiger partial charge is 0.399 e. The first-order valence-electron chi connectivity index (χ1n) is 11.9. The minimum Gasteiger partial charge on any atom is -0.399 e. The second-order valence-electron chi connectivity index (χ2n) is 8.85. The quantitative estimate of drug-likeness (QED) is 0.357. The number of nitrogens with two attached hydrogens (primary N) is 1. The molecule has 0 saturated heterocycles. The van der Waals surface area contributed by atoms with E-state index in [0.717, 1.165) is 12.8 Å². The molecule has 2 rings (SSSR count). The molecule has 194 valence electrons. The number of carbonyl (C=O) groups excluding carboxylic acids is 1. The molecule has 35 heavy (non-hydrogen) atoms. The molecule has 0 spiro atoms. The molecule has 0 radical (unpaired) electrons. The predicted octanol–water partition coefficient (Wildman–Crippen LogP) is 5.90. The van der Waals surface area contributed by atoms with Crippen molar-refractivity contribution in [1.82, 2.24) is 15.2 Å². The number of unbranched alkanes of at least 4 members (excludes halogenated alkanes) is 3. The molecular formula is C27H39F3N4O. The van der Waals surface area contributed by atoms with Gasteiger partial charge in [-0.2, -0.15) is 13.2 Å². The van der Waals surface area contributed by atoms with E-state index in [1.54, 1.807) is 6.08 Å². The largest absolute Gasteiger partial charge is 0.417 e. The zero-order valence-electron chi connectivity index (χ0n) is 21.2. The van der Waals surface area contributed by atoms with Crippen LogP contribution in [0.5, 0.6) is 0 Å². The van der Waals surface area contributed by atoms with Crippen LogP contribution < -0.4 is 11.1 Å². The Labute approximate surface area is 207 Å². The summed E-state index contributed by atoms with van der Waals surface area (Å²) in [6.45, 7) is 14.0. The van der Waals surface area contributed by atoms with Crippen molar-refractivity contribution in [2.24, 2.45) is 11.7 Å². The van der Waals surface area contributed by atoms with Crippen LogP contribution in [0.4, 0.5) is 13.2 Å². The predicted molar refractivity (Wildman–Crippen MR) is 140 cm³/mol. The van der Waals surface area contributed by atoms with Gasteiger partial charge in [-0.3, -0.25) is 4.79 Å². The van der Waals surface area contributed by atoms with Gasteiger partial charge in [0.1, 0.15) is 0 Å². The van der Waals surface area contributed by atoms with Gasteiger partial charge in [0.15, 0.2) is 0 Å². The highest BCUT2D eigenvalue weighted by Gasteiger charge is 2.35. The van der Waals surface area contributed by atoms with Gasteiger partial charge in [-0.1, -0.05) is 58.1 Å². The lowest BCUT2D eigenvalue weighted by molar-refractivity contribution is -0.122. The third kappa shape index (κ3) is 10.9. The molecule has 0 bridgehead atoms. The van der Waals surface area contributed by atoms with E-state index in [4.69, 9.17) is 5.73 Å². The average Bonchev–Trinajstić information content (AvgIpc) is 3.63. The number of hydrogen-bond acceptors (Lipinski definition) is 4. The van der Waals surface area contributed by atoms with Gasteiger partial charge in [-0.25, -0.2) is 4.98 Å². The highest BCUT2D eigenvalue weighted by atomic mass is 19.4. The Kier molecular flexibility index (Phi) is 12.5. The first-order chi connectivity index (χ1) is 16.4. The second-order valence-corrected chi connectivity index (χ2v) is 8.85. The first-order valence-corrected chi connectivity index (χ1v) is 11.9. The van der Waals surface area contributed by atoms with E-state index in [2.05, 4.69) is 56.0 Å². The van der Waals surface area contributed by atoms with Crippen LogP contribution in [0.2, 0.25) is 0 Å². The van der Waals surface area contributed by atoms with Crippen molar-refractivity contribution in [3.63, 3.8) is 0 Å². The van der Waals surface area contributed by atoms with Crippen LogP contribution in [0, 0.1) is 5.92 Å². The SMILES string of the molecule is C=Cc1c(C(=C)N)cc(/C=C/CNC(=O)C2CC2)nc1C(=C)C(F)(F)F.CCCCCCN(C)C. The fraction of sp³-hybridized carbons (Fsp3) is 0.481. The Hall–Kier alpha value is -2.87. The van der Waals surface area contributed by atoms with Gasteiger partial charge < -0.3 is 16.0 Å². The lowest BCUT2D eigenvalue weighted by Gasteiger charge is -2.16. The van der Waals surface area contributed by atoms with E-state index in [1.807, 2.05) is 0 Å². The van der Waals surface area contributed by atoms with E-state index in [0.29, 0.717) is 5.56 Å². The molecule has 1 heterocycles.